The zero-order valence-corrected chi connectivity index (χ0v) is 12.4. The molecule has 0 atom stereocenters. The molecule has 0 saturated carbocycles. The van der Waals surface area contributed by atoms with E-state index in [1.165, 1.54) is 35.2 Å². The molecular weight excluding hydrogens is 314 g/mol. The molecule has 24 heavy (non-hydrogen) atoms. The second kappa shape index (κ2) is 6.04. The Morgan fingerprint density at radius 1 is 1.04 bits per heavy atom. The van der Waals surface area contributed by atoms with E-state index in [2.05, 4.69) is 0 Å². The van der Waals surface area contributed by atoms with Crippen molar-refractivity contribution in [3.63, 3.8) is 0 Å². The van der Waals surface area contributed by atoms with Gasteiger partial charge < -0.3 is 19.8 Å². The topological polar surface area (TPSA) is 104 Å². The highest BCUT2D eigenvalue weighted by atomic mass is 16.5. The number of fused-ring (bicyclic) bond motifs is 1. The molecule has 7 heteroatoms. The first-order valence-electron chi connectivity index (χ1n) is 7.08. The van der Waals surface area contributed by atoms with Crippen LogP contribution in [0, 0.1) is 0 Å². The van der Waals surface area contributed by atoms with Crippen molar-refractivity contribution in [3.05, 3.63) is 59.2 Å². The molecule has 3 rings (SSSR count). The van der Waals surface area contributed by atoms with E-state index in [-0.39, 0.29) is 30.2 Å². The smallest absolute Gasteiger partial charge is 0.335 e. The summed E-state index contributed by atoms with van der Waals surface area (Å²) in [5, 5.41) is 18.1. The van der Waals surface area contributed by atoms with Gasteiger partial charge in [-0.1, -0.05) is 12.1 Å². The minimum absolute atomic E-state index is 0.0657. The van der Waals surface area contributed by atoms with E-state index in [1.54, 1.807) is 12.1 Å². The molecule has 0 unspecified atom stereocenters. The van der Waals surface area contributed by atoms with Gasteiger partial charge in [-0.2, -0.15) is 0 Å². The molecule has 1 heterocycles. The van der Waals surface area contributed by atoms with Crippen molar-refractivity contribution >= 4 is 23.5 Å². The molecule has 7 nitrogen and oxygen atoms in total. The van der Waals surface area contributed by atoms with Crippen LogP contribution in [0.25, 0.3) is 0 Å². The molecule has 1 amide bonds. The summed E-state index contributed by atoms with van der Waals surface area (Å²) in [6, 6.07) is 10.6. The predicted octanol–water partition coefficient (Wildman–Crippen LogP) is 2.01. The third-order valence-electron chi connectivity index (χ3n) is 3.66. The summed E-state index contributed by atoms with van der Waals surface area (Å²) in [7, 11) is 0. The van der Waals surface area contributed by atoms with Gasteiger partial charge >= 0.3 is 11.9 Å². The van der Waals surface area contributed by atoms with Crippen LogP contribution >= 0.6 is 0 Å². The Morgan fingerprint density at radius 2 is 1.75 bits per heavy atom. The first-order valence-corrected chi connectivity index (χ1v) is 7.08. The van der Waals surface area contributed by atoms with Crippen LogP contribution in [-0.2, 0) is 11.3 Å². The van der Waals surface area contributed by atoms with E-state index in [0.29, 0.717) is 17.0 Å². The Balaban J connectivity index is 1.94. The maximum atomic E-state index is 12.2. The van der Waals surface area contributed by atoms with Crippen LogP contribution in [0.15, 0.2) is 42.5 Å². The molecule has 0 radical (unpaired) electrons. The number of carboxylic acids is 2. The number of rotatable bonds is 4. The summed E-state index contributed by atoms with van der Waals surface area (Å²) in [5.41, 5.74) is 1.31. The maximum absolute atomic E-state index is 12.2. The van der Waals surface area contributed by atoms with Gasteiger partial charge in [-0.15, -0.1) is 0 Å². The van der Waals surface area contributed by atoms with Crippen LogP contribution in [0.3, 0.4) is 0 Å². The van der Waals surface area contributed by atoms with Gasteiger partial charge in [0, 0.05) is 0 Å². The van der Waals surface area contributed by atoms with Crippen LogP contribution < -0.4 is 9.64 Å². The predicted molar refractivity (Wildman–Crippen MR) is 83.5 cm³/mol. The lowest BCUT2D eigenvalue weighted by molar-refractivity contribution is -0.121. The fourth-order valence-corrected chi connectivity index (χ4v) is 2.50. The fourth-order valence-electron chi connectivity index (χ4n) is 2.50. The van der Waals surface area contributed by atoms with Gasteiger partial charge in [0.1, 0.15) is 5.75 Å². The molecule has 1 aliphatic rings. The second-order valence-electron chi connectivity index (χ2n) is 5.26. The minimum atomic E-state index is -1.08. The molecule has 1 aliphatic heterocycles. The van der Waals surface area contributed by atoms with Crippen molar-refractivity contribution in [1.29, 1.82) is 0 Å². The summed E-state index contributed by atoms with van der Waals surface area (Å²) in [6.45, 7) is -0.0303. The summed E-state index contributed by atoms with van der Waals surface area (Å²) in [5.74, 6) is -2.11. The van der Waals surface area contributed by atoms with Crippen LogP contribution in [0.1, 0.15) is 26.3 Å². The summed E-state index contributed by atoms with van der Waals surface area (Å²) in [6.07, 6.45) is 0. The SMILES string of the molecule is O=C(O)c1cccc(CN2C(=O)COc3cc(C(=O)O)ccc32)c1. The van der Waals surface area contributed by atoms with Crippen LogP contribution in [-0.4, -0.2) is 34.7 Å². The number of carbonyl (C=O) groups excluding carboxylic acids is 1. The van der Waals surface area contributed by atoms with Crippen molar-refractivity contribution < 1.29 is 29.3 Å². The molecule has 2 N–H and O–H groups in total. The van der Waals surface area contributed by atoms with Crippen molar-refractivity contribution in [2.24, 2.45) is 0 Å². The van der Waals surface area contributed by atoms with Crippen molar-refractivity contribution in [1.82, 2.24) is 0 Å². The van der Waals surface area contributed by atoms with Gasteiger partial charge in [-0.25, -0.2) is 9.59 Å². The van der Waals surface area contributed by atoms with Gasteiger partial charge in [0.15, 0.2) is 6.61 Å². The van der Waals surface area contributed by atoms with E-state index >= 15 is 0 Å². The highest BCUT2D eigenvalue weighted by molar-refractivity contribution is 5.99. The Labute approximate surface area is 136 Å². The number of ether oxygens (including phenoxy) is 1. The van der Waals surface area contributed by atoms with Crippen LogP contribution in [0.5, 0.6) is 5.75 Å². The van der Waals surface area contributed by atoms with Gasteiger partial charge in [0.05, 0.1) is 23.4 Å². The molecule has 0 aliphatic carbocycles. The first-order chi connectivity index (χ1) is 11.5. The number of amides is 1. The third kappa shape index (κ3) is 2.91. The normalized spacial score (nSPS) is 13.2. The zero-order valence-electron chi connectivity index (χ0n) is 12.4. The molecule has 0 aromatic heterocycles. The monoisotopic (exact) mass is 327 g/mol. The Morgan fingerprint density at radius 3 is 2.46 bits per heavy atom. The summed E-state index contributed by atoms with van der Waals surface area (Å²) < 4.78 is 5.31. The van der Waals surface area contributed by atoms with Crippen LogP contribution in [0.4, 0.5) is 5.69 Å². The molecule has 122 valence electrons. The zero-order chi connectivity index (χ0) is 17.3. The first kappa shape index (κ1) is 15.5. The van der Waals surface area contributed by atoms with Gasteiger partial charge in [0.25, 0.3) is 5.91 Å². The number of hydrogen-bond donors (Lipinski definition) is 2. The molecule has 0 bridgehead atoms. The largest absolute Gasteiger partial charge is 0.482 e. The second-order valence-corrected chi connectivity index (χ2v) is 5.26. The number of aromatic carboxylic acids is 2. The molecule has 2 aromatic rings. The van der Waals surface area contributed by atoms with E-state index < -0.39 is 11.9 Å². The molecule has 2 aromatic carbocycles. The highest BCUT2D eigenvalue weighted by Crippen LogP contribution is 2.34. The van der Waals surface area contributed by atoms with Crippen molar-refractivity contribution in [2.75, 3.05) is 11.5 Å². The Kier molecular flexibility index (Phi) is 3.91. The lowest BCUT2D eigenvalue weighted by Crippen LogP contribution is -2.38. The Hall–Kier alpha value is -3.35. The van der Waals surface area contributed by atoms with E-state index in [4.69, 9.17) is 14.9 Å². The highest BCUT2D eigenvalue weighted by Gasteiger charge is 2.26. The van der Waals surface area contributed by atoms with Gasteiger partial charge in [-0.05, 0) is 35.9 Å². The van der Waals surface area contributed by atoms with E-state index in [1.807, 2.05) is 0 Å². The van der Waals surface area contributed by atoms with Crippen molar-refractivity contribution in [2.45, 2.75) is 6.54 Å². The average Bonchev–Trinajstić information content (AvgIpc) is 2.57. The number of carbonyl (C=O) groups is 3. The van der Waals surface area contributed by atoms with Gasteiger partial charge in [0.2, 0.25) is 0 Å². The molecule has 0 saturated heterocycles. The van der Waals surface area contributed by atoms with Crippen molar-refractivity contribution in [3.8, 4) is 5.75 Å². The van der Waals surface area contributed by atoms with E-state index in [9.17, 15) is 14.4 Å². The lowest BCUT2D eigenvalue weighted by Gasteiger charge is -2.29. The van der Waals surface area contributed by atoms with Gasteiger partial charge in [-0.3, -0.25) is 4.79 Å². The average molecular weight is 327 g/mol. The standard InChI is InChI=1S/C17H13NO6/c19-15-9-24-14-7-12(17(22)23)4-5-13(14)18(15)8-10-2-1-3-11(6-10)16(20)21/h1-7H,8-9H2,(H,20,21)(H,22,23). The number of anilines is 1. The lowest BCUT2D eigenvalue weighted by atomic mass is 10.1. The molecule has 0 spiro atoms. The molecule has 0 fully saturated rings. The number of benzene rings is 2. The summed E-state index contributed by atoms with van der Waals surface area (Å²) in [4.78, 5) is 35.7. The number of nitrogens with zero attached hydrogens (tertiary/aromatic N) is 1. The fraction of sp³-hybridized carbons (Fsp3) is 0.118. The third-order valence-corrected chi connectivity index (χ3v) is 3.66. The number of carboxylic acid groups (broad SMARTS) is 2. The Bertz CT molecular complexity index is 845. The quantitative estimate of drug-likeness (QED) is 0.890. The van der Waals surface area contributed by atoms with Crippen LogP contribution in [0.2, 0.25) is 0 Å². The number of hydrogen-bond acceptors (Lipinski definition) is 4. The maximum Gasteiger partial charge on any atom is 0.335 e. The summed E-state index contributed by atoms with van der Waals surface area (Å²) >= 11 is 0. The minimum Gasteiger partial charge on any atom is -0.482 e. The van der Waals surface area contributed by atoms with E-state index in [0.717, 1.165) is 0 Å². The molecular formula is C17H13NO6.